The van der Waals surface area contributed by atoms with Crippen LogP contribution in [0.5, 0.6) is 0 Å². The molecule has 0 bridgehead atoms. The molecule has 0 radical (unpaired) electrons. The average Bonchev–Trinajstić information content (AvgIpc) is 2.67. The number of carbonyl (C=O) groups is 3. The summed E-state index contributed by atoms with van der Waals surface area (Å²) in [6.07, 6.45) is 0.324. The molecule has 6 nitrogen and oxygen atoms in total. The van der Waals surface area contributed by atoms with Gasteiger partial charge in [0.1, 0.15) is 17.9 Å². The molecule has 2 amide bonds. The maximum absolute atomic E-state index is 13.5. The number of ether oxygens (including phenoxy) is 1. The van der Waals surface area contributed by atoms with Crippen molar-refractivity contribution in [2.24, 2.45) is 0 Å². The zero-order valence-corrected chi connectivity index (χ0v) is 18.2. The second kappa shape index (κ2) is 10.9. The van der Waals surface area contributed by atoms with Crippen molar-refractivity contribution in [1.29, 1.82) is 0 Å². The Balaban J connectivity index is 2.19. The fraction of sp³-hybridized carbons (Fsp3) is 0.286. The molecule has 0 saturated heterocycles. The topological polar surface area (TPSA) is 84.5 Å². The number of amides is 2. The summed E-state index contributed by atoms with van der Waals surface area (Å²) in [6.45, 7) is 1.29. The van der Waals surface area contributed by atoms with Gasteiger partial charge < -0.3 is 15.4 Å². The lowest BCUT2D eigenvalue weighted by Crippen LogP contribution is -2.53. The highest BCUT2D eigenvalue weighted by atomic mass is 127. The Kier molecular flexibility index (Phi) is 8.56. The summed E-state index contributed by atoms with van der Waals surface area (Å²) < 4.78 is 19.3. The summed E-state index contributed by atoms with van der Waals surface area (Å²) in [5.41, 5.74) is 1.43. The smallest absolute Gasteiger partial charge is 0.328 e. The van der Waals surface area contributed by atoms with E-state index in [-0.39, 0.29) is 12.8 Å². The Bertz CT molecular complexity index is 890. The summed E-state index contributed by atoms with van der Waals surface area (Å²) >= 11 is 2.15. The van der Waals surface area contributed by atoms with Crippen LogP contribution in [0.25, 0.3) is 0 Å². The number of hydrogen-bond donors (Lipinski definition) is 2. The highest BCUT2D eigenvalue weighted by Crippen LogP contribution is 2.14. The van der Waals surface area contributed by atoms with E-state index >= 15 is 0 Å². The van der Waals surface area contributed by atoms with E-state index in [1.165, 1.54) is 32.2 Å². The zero-order chi connectivity index (χ0) is 21.4. The number of halogens is 2. The first-order valence-electron chi connectivity index (χ1n) is 8.93. The van der Waals surface area contributed by atoms with E-state index in [0.29, 0.717) is 5.56 Å². The molecule has 0 aliphatic rings. The van der Waals surface area contributed by atoms with E-state index in [2.05, 4.69) is 33.2 Å². The molecule has 0 aromatic heterocycles. The molecule has 0 unspecified atom stereocenters. The Morgan fingerprint density at radius 2 is 1.76 bits per heavy atom. The number of rotatable bonds is 8. The number of esters is 1. The van der Waals surface area contributed by atoms with Gasteiger partial charge in [0.2, 0.25) is 11.8 Å². The molecule has 0 fully saturated rings. The molecule has 0 saturated carbocycles. The maximum Gasteiger partial charge on any atom is 0.328 e. The van der Waals surface area contributed by atoms with Crippen molar-refractivity contribution >= 4 is 40.4 Å². The van der Waals surface area contributed by atoms with Crippen LogP contribution < -0.4 is 10.6 Å². The van der Waals surface area contributed by atoms with E-state index in [1.54, 1.807) is 6.07 Å². The van der Waals surface area contributed by atoms with Crippen LogP contribution in [0.3, 0.4) is 0 Å². The van der Waals surface area contributed by atoms with E-state index < -0.39 is 35.7 Å². The SMILES string of the molecule is COC(=O)[C@@H](Cc1ccccc1I)NC(=O)[C@H](Cc1cccc(F)c1)NC(C)=O. The van der Waals surface area contributed by atoms with Crippen LogP contribution in [-0.2, 0) is 32.0 Å². The van der Waals surface area contributed by atoms with Crippen molar-refractivity contribution in [2.75, 3.05) is 7.11 Å². The Labute approximate surface area is 182 Å². The molecule has 0 aliphatic heterocycles. The summed E-state index contributed by atoms with van der Waals surface area (Å²) in [5, 5.41) is 5.22. The molecule has 2 rings (SSSR count). The number of nitrogens with one attached hydrogen (secondary N) is 2. The van der Waals surface area contributed by atoms with Gasteiger partial charge in [-0.2, -0.15) is 0 Å². The van der Waals surface area contributed by atoms with Crippen molar-refractivity contribution < 1.29 is 23.5 Å². The van der Waals surface area contributed by atoms with Gasteiger partial charge in [0.25, 0.3) is 0 Å². The molecule has 2 aromatic carbocycles. The van der Waals surface area contributed by atoms with Crippen molar-refractivity contribution in [3.05, 3.63) is 69.0 Å². The lowest BCUT2D eigenvalue weighted by atomic mass is 10.0. The minimum absolute atomic E-state index is 0.0833. The van der Waals surface area contributed by atoms with E-state index in [9.17, 15) is 18.8 Å². The molecule has 154 valence electrons. The predicted octanol–water partition coefficient (Wildman–Crippen LogP) is 2.38. The lowest BCUT2D eigenvalue weighted by molar-refractivity contribution is -0.145. The minimum atomic E-state index is -0.962. The number of carbonyl (C=O) groups excluding carboxylic acids is 3. The normalized spacial score (nSPS) is 12.6. The largest absolute Gasteiger partial charge is 0.467 e. The van der Waals surface area contributed by atoms with Crippen LogP contribution in [0.4, 0.5) is 4.39 Å². The molecule has 2 N–H and O–H groups in total. The van der Waals surface area contributed by atoms with Crippen LogP contribution in [-0.4, -0.2) is 37.0 Å². The van der Waals surface area contributed by atoms with Gasteiger partial charge in [-0.1, -0.05) is 30.3 Å². The first-order chi connectivity index (χ1) is 13.8. The van der Waals surface area contributed by atoms with Crippen LogP contribution in [0.1, 0.15) is 18.1 Å². The molecule has 8 heteroatoms. The third-order valence-corrected chi connectivity index (χ3v) is 5.26. The third kappa shape index (κ3) is 7.12. The van der Waals surface area contributed by atoms with Crippen molar-refractivity contribution in [3.8, 4) is 0 Å². The second-order valence-corrected chi connectivity index (χ2v) is 7.63. The molecule has 0 aliphatic carbocycles. The molecule has 2 atom stereocenters. The van der Waals surface area contributed by atoms with Crippen LogP contribution >= 0.6 is 22.6 Å². The van der Waals surface area contributed by atoms with Gasteiger partial charge in [0.15, 0.2) is 0 Å². The highest BCUT2D eigenvalue weighted by Gasteiger charge is 2.27. The predicted molar refractivity (Wildman–Crippen MR) is 115 cm³/mol. The first-order valence-corrected chi connectivity index (χ1v) is 10.0. The molecule has 0 heterocycles. The zero-order valence-electron chi connectivity index (χ0n) is 16.1. The van der Waals surface area contributed by atoms with Crippen molar-refractivity contribution in [1.82, 2.24) is 10.6 Å². The summed E-state index contributed by atoms with van der Waals surface area (Å²) in [4.78, 5) is 36.6. The van der Waals surface area contributed by atoms with Gasteiger partial charge in [-0.25, -0.2) is 9.18 Å². The monoisotopic (exact) mass is 512 g/mol. The van der Waals surface area contributed by atoms with Crippen molar-refractivity contribution in [2.45, 2.75) is 31.8 Å². The van der Waals surface area contributed by atoms with Crippen molar-refractivity contribution in [3.63, 3.8) is 0 Å². The van der Waals surface area contributed by atoms with Gasteiger partial charge in [0.05, 0.1) is 7.11 Å². The highest BCUT2D eigenvalue weighted by molar-refractivity contribution is 14.1. The molecular formula is C21H22FIN2O4. The van der Waals surface area contributed by atoms with Crippen LogP contribution in [0.2, 0.25) is 0 Å². The third-order valence-electron chi connectivity index (χ3n) is 4.21. The first kappa shape index (κ1) is 22.8. The summed E-state index contributed by atoms with van der Waals surface area (Å²) in [6, 6.07) is 11.4. The quantitative estimate of drug-likeness (QED) is 0.421. The number of methoxy groups -OCH3 is 1. The van der Waals surface area contributed by atoms with Gasteiger partial charge in [-0.05, 0) is 51.9 Å². The lowest BCUT2D eigenvalue weighted by Gasteiger charge is -2.22. The second-order valence-electron chi connectivity index (χ2n) is 6.47. The van der Waals surface area contributed by atoms with Gasteiger partial charge in [0, 0.05) is 23.3 Å². The fourth-order valence-electron chi connectivity index (χ4n) is 2.85. The summed E-state index contributed by atoms with van der Waals surface area (Å²) in [5.74, 6) is -1.99. The van der Waals surface area contributed by atoms with Crippen LogP contribution in [0, 0.1) is 9.39 Å². The fourth-order valence-corrected chi connectivity index (χ4v) is 3.45. The van der Waals surface area contributed by atoms with Gasteiger partial charge in [-0.15, -0.1) is 0 Å². The molecule has 29 heavy (non-hydrogen) atoms. The van der Waals surface area contributed by atoms with E-state index in [4.69, 9.17) is 4.74 Å². The molecule has 2 aromatic rings. The van der Waals surface area contributed by atoms with Gasteiger partial charge >= 0.3 is 5.97 Å². The maximum atomic E-state index is 13.5. The summed E-state index contributed by atoms with van der Waals surface area (Å²) in [7, 11) is 1.25. The Morgan fingerprint density at radius 1 is 1.03 bits per heavy atom. The van der Waals surface area contributed by atoms with E-state index in [1.807, 2.05) is 24.3 Å². The number of hydrogen-bond acceptors (Lipinski definition) is 4. The Hall–Kier alpha value is -2.49. The van der Waals surface area contributed by atoms with Gasteiger partial charge in [-0.3, -0.25) is 9.59 Å². The van der Waals surface area contributed by atoms with Crippen LogP contribution in [0.15, 0.2) is 48.5 Å². The minimum Gasteiger partial charge on any atom is -0.467 e. The molecule has 0 spiro atoms. The Morgan fingerprint density at radius 3 is 2.38 bits per heavy atom. The standard InChI is InChI=1S/C21H22FIN2O4/c1-13(26)24-18(11-14-6-5-8-16(22)10-14)20(27)25-19(21(28)29-2)12-15-7-3-4-9-17(15)23/h3-10,18-19H,11-12H2,1-2H3,(H,24,26)(H,25,27)/t18-,19+/m0/s1. The average molecular weight is 512 g/mol. The van der Waals surface area contributed by atoms with E-state index in [0.717, 1.165) is 9.13 Å². The number of benzene rings is 2. The molecular weight excluding hydrogens is 490 g/mol.